The van der Waals surface area contributed by atoms with Crippen LogP contribution in [0.4, 0.5) is 0 Å². The standard InChI is InChI=1S/C39H42O14/c1-19-25(51-28(41)11-9-7-6-8-10-26-20(2)52-37(5,53-26)21(3)40)14-15-27(50-19)22-12-13-23-29(31(22)42)32(43)24-16-17-38(48)18-36(4,47)34(45)35(46)39(38,49)30(24)33(23)44/h6-13,16-17,19-20,25-27,34,42,45,47-49H,14-15,18H2,1-5H3/b7-6+,10-8+,11-9+/t19-,20+,25+,26+,27-,34+,36-,37+,38+,39-/m1/s1. The highest BCUT2D eigenvalue weighted by molar-refractivity contribution is 6.32. The van der Waals surface area contributed by atoms with Crippen molar-refractivity contribution in [1.82, 2.24) is 0 Å². The van der Waals surface area contributed by atoms with Gasteiger partial charge in [0.1, 0.15) is 29.7 Å². The Bertz CT molecular complexity index is 1930. The third kappa shape index (κ3) is 6.27. The second-order valence-corrected chi connectivity index (χ2v) is 14.6. The van der Waals surface area contributed by atoms with Crippen LogP contribution in [0.3, 0.4) is 0 Å². The maximum atomic E-state index is 13.8. The molecule has 2 heterocycles. The minimum Gasteiger partial charge on any atom is -0.507 e. The van der Waals surface area contributed by atoms with E-state index in [1.54, 1.807) is 45.1 Å². The molecule has 2 saturated heterocycles. The third-order valence-corrected chi connectivity index (χ3v) is 10.7. The van der Waals surface area contributed by atoms with Crippen molar-refractivity contribution in [2.24, 2.45) is 0 Å². The first-order valence-electron chi connectivity index (χ1n) is 17.3. The fraction of sp³-hybridized carbons (Fsp3) is 0.462. The molecule has 14 heteroatoms. The summed E-state index contributed by atoms with van der Waals surface area (Å²) in [6.45, 7) is 7.57. The van der Waals surface area contributed by atoms with Gasteiger partial charge in [-0.2, -0.15) is 0 Å². The van der Waals surface area contributed by atoms with Crippen LogP contribution in [-0.4, -0.2) is 108 Å². The molecule has 10 atom stereocenters. The number of carbonyl (C=O) groups excluding carboxylic acids is 5. The zero-order valence-corrected chi connectivity index (χ0v) is 29.8. The van der Waals surface area contributed by atoms with Gasteiger partial charge in [-0.3, -0.25) is 19.2 Å². The number of aromatic hydroxyl groups is 1. The van der Waals surface area contributed by atoms with E-state index in [1.807, 2.05) is 0 Å². The number of rotatable bonds is 7. The molecule has 5 aliphatic rings. The molecule has 53 heavy (non-hydrogen) atoms. The highest BCUT2D eigenvalue weighted by atomic mass is 16.8. The van der Waals surface area contributed by atoms with Crippen LogP contribution in [0.25, 0.3) is 0 Å². The fourth-order valence-corrected chi connectivity index (χ4v) is 7.65. The molecule has 1 aromatic carbocycles. The largest absolute Gasteiger partial charge is 0.507 e. The van der Waals surface area contributed by atoms with Gasteiger partial charge in [0.15, 0.2) is 23.0 Å². The Morgan fingerprint density at radius 1 is 0.943 bits per heavy atom. The second kappa shape index (κ2) is 13.5. The summed E-state index contributed by atoms with van der Waals surface area (Å²) in [7, 11) is 0. The van der Waals surface area contributed by atoms with Gasteiger partial charge in [0.05, 0.1) is 35.0 Å². The smallest absolute Gasteiger partial charge is 0.331 e. The average molecular weight is 735 g/mol. The molecular formula is C39H42O14. The summed E-state index contributed by atoms with van der Waals surface area (Å²) in [4.78, 5) is 65.2. The Kier molecular flexibility index (Phi) is 9.73. The topological polar surface area (TPSA) is 223 Å². The zero-order chi connectivity index (χ0) is 38.8. The molecule has 1 aromatic rings. The maximum absolute atomic E-state index is 13.8. The predicted octanol–water partition coefficient (Wildman–Crippen LogP) is 2.11. The predicted molar refractivity (Wildman–Crippen MR) is 183 cm³/mol. The highest BCUT2D eigenvalue weighted by Crippen LogP contribution is 2.52. The molecule has 3 aliphatic carbocycles. The number of esters is 1. The lowest BCUT2D eigenvalue weighted by Crippen LogP contribution is -2.74. The van der Waals surface area contributed by atoms with Gasteiger partial charge in [0.25, 0.3) is 0 Å². The van der Waals surface area contributed by atoms with Gasteiger partial charge in [-0.05, 0) is 52.7 Å². The number of phenols is 1. The summed E-state index contributed by atoms with van der Waals surface area (Å²) >= 11 is 0. The number of allylic oxidation sites excluding steroid dienone is 6. The van der Waals surface area contributed by atoms with E-state index in [1.165, 1.54) is 31.2 Å². The van der Waals surface area contributed by atoms with E-state index in [2.05, 4.69) is 0 Å². The van der Waals surface area contributed by atoms with Crippen LogP contribution < -0.4 is 0 Å². The Balaban J connectivity index is 1.10. The van der Waals surface area contributed by atoms with Crippen molar-refractivity contribution in [1.29, 1.82) is 0 Å². The van der Waals surface area contributed by atoms with E-state index in [0.717, 1.165) is 19.1 Å². The van der Waals surface area contributed by atoms with Gasteiger partial charge >= 0.3 is 5.97 Å². The third-order valence-electron chi connectivity index (χ3n) is 10.7. The highest BCUT2D eigenvalue weighted by Gasteiger charge is 2.69. The van der Waals surface area contributed by atoms with Crippen LogP contribution in [0.1, 0.15) is 86.3 Å². The SMILES string of the molecule is CC(=O)[C@@]1(C)O[C@@H](C)[C@H](/C=C/C=C/C=C/C(=O)O[C@H]2CC[C@H](c3ccc4c(c3O)C(=O)C3=C(C4=O)[C@@]4(O)C(=O)[C@H](O)[C@](C)(O)C[C@@]4(O)C=C3)O[C@@H]2C)O1. The van der Waals surface area contributed by atoms with E-state index in [4.69, 9.17) is 18.9 Å². The second-order valence-electron chi connectivity index (χ2n) is 14.6. The molecule has 0 unspecified atom stereocenters. The van der Waals surface area contributed by atoms with Crippen LogP contribution >= 0.6 is 0 Å². The lowest BCUT2D eigenvalue weighted by Gasteiger charge is -2.53. The van der Waals surface area contributed by atoms with E-state index in [0.29, 0.717) is 6.42 Å². The van der Waals surface area contributed by atoms with Crippen molar-refractivity contribution in [3.8, 4) is 5.75 Å². The normalized spacial score (nSPS) is 38.5. The lowest BCUT2D eigenvalue weighted by molar-refractivity contribution is -0.209. The van der Waals surface area contributed by atoms with E-state index in [9.17, 15) is 49.5 Å². The number of carbonyl (C=O) groups is 5. The van der Waals surface area contributed by atoms with Gasteiger partial charge in [-0.15, -0.1) is 0 Å². The first kappa shape index (κ1) is 38.3. The van der Waals surface area contributed by atoms with Gasteiger partial charge in [0, 0.05) is 36.1 Å². The van der Waals surface area contributed by atoms with Crippen molar-refractivity contribution >= 4 is 29.1 Å². The monoisotopic (exact) mass is 734 g/mol. The number of ether oxygens (including phenoxy) is 4. The lowest BCUT2D eigenvalue weighted by atomic mass is 9.56. The number of aliphatic hydroxyl groups excluding tert-OH is 1. The van der Waals surface area contributed by atoms with Crippen molar-refractivity contribution in [2.75, 3.05) is 0 Å². The Morgan fingerprint density at radius 2 is 1.64 bits per heavy atom. The molecule has 1 saturated carbocycles. The van der Waals surface area contributed by atoms with E-state index >= 15 is 0 Å². The fourth-order valence-electron chi connectivity index (χ4n) is 7.65. The van der Waals surface area contributed by atoms with Crippen LogP contribution in [0.5, 0.6) is 5.75 Å². The molecule has 0 radical (unpaired) electrons. The molecule has 0 amide bonds. The summed E-state index contributed by atoms with van der Waals surface area (Å²) in [6.07, 6.45) is 6.47. The quantitative estimate of drug-likeness (QED) is 0.154. The first-order chi connectivity index (χ1) is 24.8. The molecule has 14 nitrogen and oxygen atoms in total. The van der Waals surface area contributed by atoms with Crippen LogP contribution in [0.2, 0.25) is 0 Å². The van der Waals surface area contributed by atoms with Gasteiger partial charge < -0.3 is 44.5 Å². The number of hydrogen-bond acceptors (Lipinski definition) is 14. The number of aliphatic hydroxyl groups is 4. The molecular weight excluding hydrogens is 692 g/mol. The minimum absolute atomic E-state index is 0.189. The summed E-state index contributed by atoms with van der Waals surface area (Å²) in [6, 6.07) is 2.63. The molecule has 0 bridgehead atoms. The molecule has 6 rings (SSSR count). The van der Waals surface area contributed by atoms with Crippen LogP contribution in [0.15, 0.2) is 71.9 Å². The summed E-state index contributed by atoms with van der Waals surface area (Å²) < 4.78 is 23.0. The molecule has 282 valence electrons. The van der Waals surface area contributed by atoms with Crippen molar-refractivity contribution in [3.63, 3.8) is 0 Å². The Hall–Kier alpha value is -4.41. The van der Waals surface area contributed by atoms with Gasteiger partial charge in [-0.1, -0.05) is 42.5 Å². The summed E-state index contributed by atoms with van der Waals surface area (Å²) in [5.41, 5.74) is -9.43. The number of fused-ring (bicyclic) bond motifs is 3. The summed E-state index contributed by atoms with van der Waals surface area (Å²) in [5, 5.41) is 55.4. The zero-order valence-electron chi connectivity index (χ0n) is 29.8. The minimum atomic E-state index is -3.05. The Labute approximate surface area is 304 Å². The summed E-state index contributed by atoms with van der Waals surface area (Å²) in [5.74, 6) is -6.03. The molecule has 5 N–H and O–H groups in total. The molecule has 2 aliphatic heterocycles. The van der Waals surface area contributed by atoms with Crippen molar-refractivity contribution in [2.45, 2.75) is 113 Å². The number of Topliss-reactive ketones (excluding diaryl/α,β-unsaturated/α-hetero) is 4. The molecule has 0 aromatic heterocycles. The van der Waals surface area contributed by atoms with Gasteiger partial charge in [0.2, 0.25) is 11.6 Å². The van der Waals surface area contributed by atoms with Crippen molar-refractivity contribution in [3.05, 3.63) is 88.6 Å². The van der Waals surface area contributed by atoms with Crippen LogP contribution in [0, 0.1) is 0 Å². The maximum Gasteiger partial charge on any atom is 0.331 e. The van der Waals surface area contributed by atoms with E-state index < -0.39 is 99.7 Å². The van der Waals surface area contributed by atoms with Crippen molar-refractivity contribution < 1.29 is 68.5 Å². The van der Waals surface area contributed by atoms with E-state index in [-0.39, 0.29) is 35.0 Å². The number of ketones is 4. The van der Waals surface area contributed by atoms with Gasteiger partial charge in [-0.25, -0.2) is 4.79 Å². The molecule has 0 spiro atoms. The molecule has 3 fully saturated rings. The average Bonchev–Trinajstić information content (AvgIpc) is 3.39. The Morgan fingerprint density at radius 3 is 2.30 bits per heavy atom. The number of phenolic OH excluding ortho intramolecular Hbond substituents is 1. The number of benzene rings is 1. The number of hydrogen-bond donors (Lipinski definition) is 5. The first-order valence-corrected chi connectivity index (χ1v) is 17.3. The van der Waals surface area contributed by atoms with Crippen LogP contribution in [-0.2, 0) is 33.3 Å².